The van der Waals surface area contributed by atoms with Crippen LogP contribution in [0.1, 0.15) is 11.1 Å². The van der Waals surface area contributed by atoms with E-state index in [1.165, 1.54) is 6.07 Å². The van der Waals surface area contributed by atoms with E-state index in [4.69, 9.17) is 0 Å². The first-order valence-electron chi connectivity index (χ1n) is 8.76. The Kier molecular flexibility index (Phi) is 6.47. The summed E-state index contributed by atoms with van der Waals surface area (Å²) in [5.74, 6) is 0. The summed E-state index contributed by atoms with van der Waals surface area (Å²) >= 11 is 0. The van der Waals surface area contributed by atoms with Crippen molar-refractivity contribution in [2.75, 3.05) is 5.43 Å². The average Bonchev–Trinajstić information content (AvgIpc) is 2.75. The molecule has 0 aliphatic rings. The molecule has 0 spiro atoms. The summed E-state index contributed by atoms with van der Waals surface area (Å²) < 4.78 is 0. The van der Waals surface area contributed by atoms with E-state index in [0.717, 1.165) is 11.1 Å². The number of para-hydroxylation sites is 2. The summed E-state index contributed by atoms with van der Waals surface area (Å²) in [6, 6.07) is 26.1. The van der Waals surface area contributed by atoms with Gasteiger partial charge < -0.3 is 0 Å². The van der Waals surface area contributed by atoms with Crippen LogP contribution >= 0.6 is 0 Å². The van der Waals surface area contributed by atoms with Gasteiger partial charge in [0.05, 0.1) is 10.6 Å². The maximum absolute atomic E-state index is 11.2. The average molecular weight is 369 g/mol. The summed E-state index contributed by atoms with van der Waals surface area (Å²) in [6.45, 7) is 0. The molecule has 0 bridgehead atoms. The Morgan fingerprint density at radius 1 is 0.786 bits per heavy atom. The Bertz CT molecular complexity index is 959. The number of allylic oxidation sites excluding steroid dienone is 2. The van der Waals surface area contributed by atoms with Gasteiger partial charge in [-0.05, 0) is 29.3 Å². The van der Waals surface area contributed by atoms with Crippen molar-refractivity contribution in [1.82, 2.24) is 0 Å². The molecule has 0 aliphatic heterocycles. The Morgan fingerprint density at radius 2 is 1.29 bits per heavy atom. The van der Waals surface area contributed by atoms with Crippen LogP contribution in [0, 0.1) is 10.1 Å². The molecule has 0 unspecified atom stereocenters. The summed E-state index contributed by atoms with van der Waals surface area (Å²) in [4.78, 5) is 10.7. The molecule has 0 aliphatic carbocycles. The van der Waals surface area contributed by atoms with Gasteiger partial charge in [-0.1, -0.05) is 84.9 Å². The molecule has 0 atom stereocenters. The number of nitro groups is 1. The second-order valence-corrected chi connectivity index (χ2v) is 5.91. The van der Waals surface area contributed by atoms with Gasteiger partial charge in [0.25, 0.3) is 5.69 Å². The molecule has 3 aromatic carbocycles. The van der Waals surface area contributed by atoms with Gasteiger partial charge in [0, 0.05) is 6.07 Å². The van der Waals surface area contributed by atoms with Crippen LogP contribution in [0.5, 0.6) is 0 Å². The number of anilines is 1. The fourth-order valence-corrected chi connectivity index (χ4v) is 2.47. The largest absolute Gasteiger partial charge is 0.294 e. The molecular weight excluding hydrogens is 350 g/mol. The third-order valence-corrected chi connectivity index (χ3v) is 3.90. The van der Waals surface area contributed by atoms with Crippen molar-refractivity contribution in [3.8, 4) is 0 Å². The molecule has 3 aromatic rings. The van der Waals surface area contributed by atoms with Gasteiger partial charge >= 0.3 is 0 Å². The molecule has 3 rings (SSSR count). The number of rotatable bonds is 7. The Labute approximate surface area is 163 Å². The number of benzene rings is 3. The molecule has 0 saturated heterocycles. The van der Waals surface area contributed by atoms with E-state index < -0.39 is 4.92 Å². The molecule has 0 fully saturated rings. The summed E-state index contributed by atoms with van der Waals surface area (Å²) in [6.07, 6.45) is 7.59. The molecule has 1 N–H and O–H groups in total. The lowest BCUT2D eigenvalue weighted by Gasteiger charge is -2.03. The predicted molar refractivity (Wildman–Crippen MR) is 115 cm³/mol. The number of hydrogen-bond acceptors (Lipinski definition) is 4. The van der Waals surface area contributed by atoms with E-state index in [1.54, 1.807) is 18.2 Å². The zero-order valence-corrected chi connectivity index (χ0v) is 15.1. The third kappa shape index (κ3) is 5.51. The van der Waals surface area contributed by atoms with E-state index in [2.05, 4.69) is 10.5 Å². The van der Waals surface area contributed by atoms with E-state index in [1.807, 2.05) is 85.0 Å². The molecule has 0 heterocycles. The van der Waals surface area contributed by atoms with Crippen LogP contribution in [0.15, 0.2) is 102 Å². The van der Waals surface area contributed by atoms with E-state index in [-0.39, 0.29) is 5.69 Å². The van der Waals surface area contributed by atoms with E-state index in [0.29, 0.717) is 11.4 Å². The molecule has 138 valence electrons. The van der Waals surface area contributed by atoms with Gasteiger partial charge in [0.1, 0.15) is 5.69 Å². The Balaban J connectivity index is 1.87. The fraction of sp³-hybridized carbons (Fsp3) is 0. The van der Waals surface area contributed by atoms with Crippen LogP contribution in [0.4, 0.5) is 11.4 Å². The predicted octanol–water partition coefficient (Wildman–Crippen LogP) is 5.79. The highest BCUT2D eigenvalue weighted by Gasteiger charge is 2.11. The van der Waals surface area contributed by atoms with Gasteiger partial charge in [0.15, 0.2) is 0 Å². The standard InChI is InChI=1S/C23H19N3O2/c27-26(28)23-14-8-7-13-22(23)25-24-21(17-15-19-9-3-1-4-10-19)18-16-20-11-5-2-6-12-20/h1-18,25H/b17-15-,18-16-. The summed E-state index contributed by atoms with van der Waals surface area (Å²) in [5, 5.41) is 15.5. The van der Waals surface area contributed by atoms with Gasteiger partial charge in [-0.15, -0.1) is 0 Å². The van der Waals surface area contributed by atoms with Gasteiger partial charge in [-0.25, -0.2) is 0 Å². The first-order valence-corrected chi connectivity index (χ1v) is 8.76. The lowest BCUT2D eigenvalue weighted by atomic mass is 10.1. The van der Waals surface area contributed by atoms with Crippen molar-refractivity contribution in [1.29, 1.82) is 0 Å². The van der Waals surface area contributed by atoms with E-state index in [9.17, 15) is 10.1 Å². The Hall–Kier alpha value is -3.99. The molecule has 28 heavy (non-hydrogen) atoms. The SMILES string of the molecule is O=[N+]([O-])c1ccccc1NN=C(/C=C\c1ccccc1)/C=C\c1ccccc1. The highest BCUT2D eigenvalue weighted by Crippen LogP contribution is 2.23. The minimum absolute atomic E-state index is 0.0234. The molecular formula is C23H19N3O2. The fourth-order valence-electron chi connectivity index (χ4n) is 2.47. The second-order valence-electron chi connectivity index (χ2n) is 5.91. The van der Waals surface area contributed by atoms with Crippen LogP contribution in [-0.2, 0) is 0 Å². The van der Waals surface area contributed by atoms with Crippen molar-refractivity contribution in [3.05, 3.63) is 118 Å². The lowest BCUT2D eigenvalue weighted by molar-refractivity contribution is -0.384. The van der Waals surface area contributed by atoms with Crippen LogP contribution in [0.3, 0.4) is 0 Å². The van der Waals surface area contributed by atoms with Crippen molar-refractivity contribution in [2.45, 2.75) is 0 Å². The number of nitrogens with one attached hydrogen (secondary N) is 1. The van der Waals surface area contributed by atoms with Crippen molar-refractivity contribution < 1.29 is 4.92 Å². The normalized spacial score (nSPS) is 10.9. The first kappa shape index (κ1) is 18.8. The maximum atomic E-state index is 11.2. The minimum atomic E-state index is -0.433. The van der Waals surface area contributed by atoms with Crippen LogP contribution in [0.2, 0.25) is 0 Å². The van der Waals surface area contributed by atoms with Gasteiger partial charge in [0.2, 0.25) is 0 Å². The van der Waals surface area contributed by atoms with Crippen LogP contribution in [0.25, 0.3) is 12.2 Å². The quantitative estimate of drug-likeness (QED) is 0.326. The molecule has 0 aromatic heterocycles. The molecule has 5 heteroatoms. The zero-order chi connectivity index (χ0) is 19.6. The maximum Gasteiger partial charge on any atom is 0.294 e. The topological polar surface area (TPSA) is 67.5 Å². The zero-order valence-electron chi connectivity index (χ0n) is 15.1. The van der Waals surface area contributed by atoms with Gasteiger partial charge in [-0.2, -0.15) is 5.10 Å². The number of hydrazone groups is 1. The van der Waals surface area contributed by atoms with Crippen molar-refractivity contribution >= 4 is 29.2 Å². The van der Waals surface area contributed by atoms with Crippen LogP contribution in [-0.4, -0.2) is 10.6 Å². The Morgan fingerprint density at radius 3 is 1.82 bits per heavy atom. The van der Waals surface area contributed by atoms with Crippen molar-refractivity contribution in [2.24, 2.45) is 5.10 Å². The number of hydrogen-bond donors (Lipinski definition) is 1. The van der Waals surface area contributed by atoms with Gasteiger partial charge in [-0.3, -0.25) is 15.5 Å². The molecule has 0 saturated carbocycles. The van der Waals surface area contributed by atoms with E-state index >= 15 is 0 Å². The minimum Gasteiger partial charge on any atom is -0.271 e. The van der Waals surface area contributed by atoms with Crippen molar-refractivity contribution in [3.63, 3.8) is 0 Å². The second kappa shape index (κ2) is 9.64. The van der Waals surface area contributed by atoms with Crippen LogP contribution < -0.4 is 5.43 Å². The lowest BCUT2D eigenvalue weighted by Crippen LogP contribution is -1.99. The highest BCUT2D eigenvalue weighted by molar-refractivity contribution is 6.09. The summed E-state index contributed by atoms with van der Waals surface area (Å²) in [5.41, 5.74) is 5.83. The summed E-state index contributed by atoms with van der Waals surface area (Å²) in [7, 11) is 0. The third-order valence-electron chi connectivity index (χ3n) is 3.90. The monoisotopic (exact) mass is 369 g/mol. The number of nitro benzene ring substituents is 1. The number of nitrogens with zero attached hydrogens (tertiary/aromatic N) is 2. The smallest absolute Gasteiger partial charge is 0.271 e. The molecule has 0 amide bonds. The highest BCUT2D eigenvalue weighted by atomic mass is 16.6. The first-order chi connectivity index (χ1) is 13.7. The molecule has 5 nitrogen and oxygen atoms in total. The molecule has 0 radical (unpaired) electrons.